The Kier molecular flexibility index (Phi) is 4.59. The summed E-state index contributed by atoms with van der Waals surface area (Å²) < 4.78 is 23.8. The summed E-state index contributed by atoms with van der Waals surface area (Å²) in [7, 11) is -3.22. The van der Waals surface area contributed by atoms with Gasteiger partial charge in [-0.05, 0) is 18.6 Å². The van der Waals surface area contributed by atoms with Gasteiger partial charge in [0.25, 0.3) is 0 Å². The zero-order chi connectivity index (χ0) is 12.9. The van der Waals surface area contributed by atoms with Crippen LogP contribution in [0.3, 0.4) is 0 Å². The Morgan fingerprint density at radius 2 is 2.00 bits per heavy atom. The molecule has 0 radical (unpaired) electrons. The van der Waals surface area contributed by atoms with E-state index in [1.807, 2.05) is 6.92 Å². The Morgan fingerprint density at radius 1 is 1.35 bits per heavy atom. The third-order valence-corrected chi connectivity index (χ3v) is 4.33. The van der Waals surface area contributed by atoms with Gasteiger partial charge in [-0.2, -0.15) is 0 Å². The lowest BCUT2D eigenvalue weighted by molar-refractivity contribution is 0.597. The first-order chi connectivity index (χ1) is 8.05. The highest BCUT2D eigenvalue weighted by molar-refractivity contribution is 7.91. The fourth-order valence-electron chi connectivity index (χ4n) is 1.46. The standard InChI is InChI=1S/C13H17NO2S/c1-4-11(5-2)14-12-9-7-8-10-13(12)17(15,16)6-3/h1,7-11,14H,5-6H2,2-3H3. The van der Waals surface area contributed by atoms with E-state index < -0.39 is 9.84 Å². The Bertz CT molecular complexity index is 514. The topological polar surface area (TPSA) is 46.2 Å². The van der Waals surface area contributed by atoms with Crippen molar-refractivity contribution >= 4 is 15.5 Å². The smallest absolute Gasteiger partial charge is 0.180 e. The van der Waals surface area contributed by atoms with Crippen molar-refractivity contribution in [1.29, 1.82) is 0 Å². The first-order valence-electron chi connectivity index (χ1n) is 5.59. The maximum absolute atomic E-state index is 11.9. The quantitative estimate of drug-likeness (QED) is 0.817. The monoisotopic (exact) mass is 251 g/mol. The Balaban J connectivity index is 3.14. The predicted octanol–water partition coefficient (Wildman–Crippen LogP) is 2.30. The van der Waals surface area contributed by atoms with Gasteiger partial charge in [0.15, 0.2) is 9.84 Å². The maximum Gasteiger partial charge on any atom is 0.180 e. The molecule has 0 fully saturated rings. The van der Waals surface area contributed by atoms with Crippen LogP contribution in [0.25, 0.3) is 0 Å². The molecule has 0 spiro atoms. The summed E-state index contributed by atoms with van der Waals surface area (Å²) >= 11 is 0. The van der Waals surface area contributed by atoms with E-state index in [-0.39, 0.29) is 11.8 Å². The van der Waals surface area contributed by atoms with E-state index >= 15 is 0 Å². The molecule has 17 heavy (non-hydrogen) atoms. The zero-order valence-corrected chi connectivity index (χ0v) is 10.9. The largest absolute Gasteiger partial charge is 0.371 e. The van der Waals surface area contributed by atoms with Gasteiger partial charge in [-0.25, -0.2) is 8.42 Å². The van der Waals surface area contributed by atoms with Gasteiger partial charge in [-0.1, -0.05) is 31.9 Å². The first kappa shape index (κ1) is 13.6. The van der Waals surface area contributed by atoms with Gasteiger partial charge in [0, 0.05) is 0 Å². The van der Waals surface area contributed by atoms with Gasteiger partial charge in [0.05, 0.1) is 22.4 Å². The molecular formula is C13H17NO2S. The molecule has 0 aliphatic carbocycles. The molecule has 1 aromatic rings. The van der Waals surface area contributed by atoms with E-state index in [9.17, 15) is 8.42 Å². The number of nitrogens with one attached hydrogen (secondary N) is 1. The zero-order valence-electron chi connectivity index (χ0n) is 10.1. The van der Waals surface area contributed by atoms with Crippen molar-refractivity contribution in [2.45, 2.75) is 31.2 Å². The predicted molar refractivity (Wildman–Crippen MR) is 70.7 cm³/mol. The summed E-state index contributed by atoms with van der Waals surface area (Å²) in [5, 5.41) is 3.07. The van der Waals surface area contributed by atoms with Crippen LogP contribution in [0.2, 0.25) is 0 Å². The fourth-order valence-corrected chi connectivity index (χ4v) is 2.52. The van der Waals surface area contributed by atoms with Crippen molar-refractivity contribution in [3.63, 3.8) is 0 Å². The minimum Gasteiger partial charge on any atom is -0.371 e. The molecule has 0 saturated carbocycles. The number of rotatable bonds is 5. The van der Waals surface area contributed by atoms with E-state index in [0.717, 1.165) is 6.42 Å². The number of para-hydroxylation sites is 1. The van der Waals surface area contributed by atoms with E-state index in [0.29, 0.717) is 10.6 Å². The van der Waals surface area contributed by atoms with Crippen molar-refractivity contribution in [2.24, 2.45) is 0 Å². The van der Waals surface area contributed by atoms with Crippen LogP contribution in [0, 0.1) is 12.3 Å². The molecular weight excluding hydrogens is 234 g/mol. The molecule has 1 atom stereocenters. The van der Waals surface area contributed by atoms with Crippen molar-refractivity contribution in [3.05, 3.63) is 24.3 Å². The lowest BCUT2D eigenvalue weighted by Gasteiger charge is -2.15. The number of terminal acetylenes is 1. The van der Waals surface area contributed by atoms with Crippen LogP contribution in [-0.4, -0.2) is 20.2 Å². The second-order valence-corrected chi connectivity index (χ2v) is 5.92. The highest BCUT2D eigenvalue weighted by Gasteiger charge is 2.16. The average Bonchev–Trinajstić information content (AvgIpc) is 2.36. The molecule has 1 N–H and O–H groups in total. The average molecular weight is 251 g/mol. The second-order valence-electron chi connectivity index (χ2n) is 3.67. The number of anilines is 1. The Morgan fingerprint density at radius 3 is 2.53 bits per heavy atom. The molecule has 1 unspecified atom stereocenters. The van der Waals surface area contributed by atoms with E-state index in [1.54, 1.807) is 31.2 Å². The van der Waals surface area contributed by atoms with Crippen LogP contribution in [0.4, 0.5) is 5.69 Å². The first-order valence-corrected chi connectivity index (χ1v) is 7.24. The molecule has 1 rings (SSSR count). The van der Waals surface area contributed by atoms with Gasteiger partial charge < -0.3 is 5.32 Å². The van der Waals surface area contributed by atoms with Crippen molar-refractivity contribution in [3.8, 4) is 12.3 Å². The van der Waals surface area contributed by atoms with Crippen molar-refractivity contribution < 1.29 is 8.42 Å². The lowest BCUT2D eigenvalue weighted by Crippen LogP contribution is -2.18. The number of sulfone groups is 1. The second kappa shape index (κ2) is 5.74. The molecule has 92 valence electrons. The van der Waals surface area contributed by atoms with Gasteiger partial charge in [-0.3, -0.25) is 0 Å². The molecule has 3 nitrogen and oxygen atoms in total. The van der Waals surface area contributed by atoms with Gasteiger partial charge in [0.1, 0.15) is 0 Å². The SMILES string of the molecule is C#CC(CC)Nc1ccccc1S(=O)(=O)CC. The van der Waals surface area contributed by atoms with Crippen LogP contribution in [0.5, 0.6) is 0 Å². The summed E-state index contributed by atoms with van der Waals surface area (Å²) in [6.45, 7) is 3.58. The summed E-state index contributed by atoms with van der Waals surface area (Å²) in [6.07, 6.45) is 6.11. The highest BCUT2D eigenvalue weighted by atomic mass is 32.2. The summed E-state index contributed by atoms with van der Waals surface area (Å²) in [5.74, 6) is 2.67. The lowest BCUT2D eigenvalue weighted by atomic mass is 10.2. The molecule has 0 aromatic heterocycles. The van der Waals surface area contributed by atoms with Gasteiger partial charge in [0.2, 0.25) is 0 Å². The highest BCUT2D eigenvalue weighted by Crippen LogP contribution is 2.22. The maximum atomic E-state index is 11.9. The molecule has 0 aliphatic rings. The van der Waals surface area contributed by atoms with Crippen molar-refractivity contribution in [2.75, 3.05) is 11.1 Å². The molecule has 0 saturated heterocycles. The Labute approximate surface area is 103 Å². The van der Waals surface area contributed by atoms with Crippen LogP contribution >= 0.6 is 0 Å². The molecule has 1 aromatic carbocycles. The molecule has 0 heterocycles. The summed E-state index contributed by atoms with van der Waals surface area (Å²) in [5.41, 5.74) is 0.583. The van der Waals surface area contributed by atoms with Crippen molar-refractivity contribution in [1.82, 2.24) is 0 Å². The Hall–Kier alpha value is -1.47. The van der Waals surface area contributed by atoms with Crippen LogP contribution in [0.1, 0.15) is 20.3 Å². The summed E-state index contributed by atoms with van der Waals surface area (Å²) in [6, 6.07) is 6.70. The minimum atomic E-state index is -3.22. The van der Waals surface area contributed by atoms with E-state index in [1.165, 1.54) is 0 Å². The molecule has 4 heteroatoms. The van der Waals surface area contributed by atoms with Gasteiger partial charge >= 0.3 is 0 Å². The molecule has 0 bridgehead atoms. The molecule has 0 aliphatic heterocycles. The van der Waals surface area contributed by atoms with E-state index in [4.69, 9.17) is 6.42 Å². The van der Waals surface area contributed by atoms with Crippen LogP contribution in [0.15, 0.2) is 29.2 Å². The van der Waals surface area contributed by atoms with Gasteiger partial charge in [-0.15, -0.1) is 6.42 Å². The third-order valence-electron chi connectivity index (χ3n) is 2.54. The fraction of sp³-hybridized carbons (Fsp3) is 0.385. The van der Waals surface area contributed by atoms with Crippen LogP contribution in [-0.2, 0) is 9.84 Å². The van der Waals surface area contributed by atoms with E-state index in [2.05, 4.69) is 11.2 Å². The van der Waals surface area contributed by atoms with Crippen LogP contribution < -0.4 is 5.32 Å². The number of benzene rings is 1. The molecule has 0 amide bonds. The number of hydrogen-bond donors (Lipinski definition) is 1. The third kappa shape index (κ3) is 3.24. The number of hydrogen-bond acceptors (Lipinski definition) is 3. The minimum absolute atomic E-state index is 0.0819. The summed E-state index contributed by atoms with van der Waals surface area (Å²) in [4.78, 5) is 0.316. The normalized spacial score (nSPS) is 12.8.